The van der Waals surface area contributed by atoms with Gasteiger partial charge in [0, 0.05) is 32.5 Å². The lowest BCUT2D eigenvalue weighted by molar-refractivity contribution is -0.132. The summed E-state index contributed by atoms with van der Waals surface area (Å²) in [4.78, 5) is 13.8. The number of alkyl halides is 1. The van der Waals surface area contributed by atoms with Crippen LogP contribution in [0.2, 0.25) is 0 Å². The van der Waals surface area contributed by atoms with Crippen LogP contribution in [0, 0.1) is 0 Å². The molecule has 100 valence electrons. The molecule has 3 nitrogen and oxygen atoms in total. The molecular formula is C14H20ClNO2. The van der Waals surface area contributed by atoms with Crippen LogP contribution in [-0.2, 0) is 16.1 Å². The molecule has 18 heavy (non-hydrogen) atoms. The molecule has 0 aliphatic heterocycles. The van der Waals surface area contributed by atoms with Crippen molar-refractivity contribution in [2.75, 3.05) is 26.1 Å². The minimum Gasteiger partial charge on any atom is -0.383 e. The largest absolute Gasteiger partial charge is 0.383 e. The van der Waals surface area contributed by atoms with E-state index in [4.69, 9.17) is 16.3 Å². The van der Waals surface area contributed by atoms with Crippen molar-refractivity contribution in [1.82, 2.24) is 4.90 Å². The monoisotopic (exact) mass is 269 g/mol. The average Bonchev–Trinajstić information content (AvgIpc) is 2.42. The van der Waals surface area contributed by atoms with Crippen LogP contribution in [0.25, 0.3) is 0 Å². The third-order valence-electron chi connectivity index (χ3n) is 2.66. The van der Waals surface area contributed by atoms with E-state index in [0.717, 1.165) is 12.0 Å². The number of hydrogen-bond donors (Lipinski definition) is 0. The Kier molecular flexibility index (Phi) is 7.46. The number of ether oxygens (including phenoxy) is 1. The van der Waals surface area contributed by atoms with Gasteiger partial charge in [-0.05, 0) is 12.0 Å². The molecular weight excluding hydrogens is 250 g/mol. The minimum absolute atomic E-state index is 0.136. The predicted molar refractivity (Wildman–Crippen MR) is 73.7 cm³/mol. The second-order valence-corrected chi connectivity index (χ2v) is 4.46. The fraction of sp³-hybridized carbons (Fsp3) is 0.500. The van der Waals surface area contributed by atoms with E-state index in [1.807, 2.05) is 35.2 Å². The van der Waals surface area contributed by atoms with E-state index in [1.165, 1.54) is 0 Å². The van der Waals surface area contributed by atoms with Gasteiger partial charge in [-0.1, -0.05) is 30.3 Å². The Labute approximate surface area is 114 Å². The Balaban J connectivity index is 2.57. The van der Waals surface area contributed by atoms with Crippen LogP contribution in [0.5, 0.6) is 0 Å². The molecule has 0 fully saturated rings. The standard InChI is InChI=1S/C14H20ClNO2/c1-18-11-10-16(14(17)8-5-9-15)12-13-6-3-2-4-7-13/h2-4,6-7H,5,8-12H2,1H3. The summed E-state index contributed by atoms with van der Waals surface area (Å²) in [7, 11) is 1.64. The molecule has 0 N–H and O–H groups in total. The molecule has 0 saturated heterocycles. The molecule has 0 bridgehead atoms. The molecule has 0 heterocycles. The lowest BCUT2D eigenvalue weighted by atomic mass is 10.2. The summed E-state index contributed by atoms with van der Waals surface area (Å²) < 4.78 is 5.04. The lowest BCUT2D eigenvalue weighted by Gasteiger charge is -2.22. The molecule has 0 spiro atoms. The molecule has 1 aromatic rings. The highest BCUT2D eigenvalue weighted by Gasteiger charge is 2.13. The number of nitrogens with zero attached hydrogens (tertiary/aromatic N) is 1. The van der Waals surface area contributed by atoms with Crippen molar-refractivity contribution in [2.45, 2.75) is 19.4 Å². The van der Waals surface area contributed by atoms with Gasteiger partial charge in [0.05, 0.1) is 6.61 Å². The number of methoxy groups -OCH3 is 1. The zero-order valence-electron chi connectivity index (χ0n) is 10.8. The maximum Gasteiger partial charge on any atom is 0.222 e. The van der Waals surface area contributed by atoms with Gasteiger partial charge in [0.1, 0.15) is 0 Å². The highest BCUT2D eigenvalue weighted by atomic mass is 35.5. The Morgan fingerprint density at radius 3 is 2.67 bits per heavy atom. The fourth-order valence-electron chi connectivity index (χ4n) is 1.67. The van der Waals surface area contributed by atoms with Crippen LogP contribution in [0.15, 0.2) is 30.3 Å². The number of carbonyl (C=O) groups is 1. The van der Waals surface area contributed by atoms with Gasteiger partial charge in [-0.2, -0.15) is 0 Å². The number of halogens is 1. The molecule has 0 radical (unpaired) electrons. The molecule has 1 rings (SSSR count). The summed E-state index contributed by atoms with van der Waals surface area (Å²) in [6, 6.07) is 9.97. The van der Waals surface area contributed by atoms with E-state index in [-0.39, 0.29) is 5.91 Å². The maximum atomic E-state index is 12.0. The van der Waals surface area contributed by atoms with Gasteiger partial charge in [0.25, 0.3) is 0 Å². The number of amides is 1. The predicted octanol–water partition coefficient (Wildman–Crippen LogP) is 2.68. The summed E-state index contributed by atoms with van der Waals surface area (Å²) in [6.45, 7) is 1.80. The SMILES string of the molecule is COCCN(Cc1ccccc1)C(=O)CCCCl. The summed E-state index contributed by atoms with van der Waals surface area (Å²) in [5.41, 5.74) is 1.13. The number of carbonyl (C=O) groups excluding carboxylic acids is 1. The minimum atomic E-state index is 0.136. The van der Waals surface area contributed by atoms with Crippen LogP contribution in [0.4, 0.5) is 0 Å². The number of benzene rings is 1. The first-order chi connectivity index (χ1) is 8.77. The summed E-state index contributed by atoms with van der Waals surface area (Å²) >= 11 is 5.62. The van der Waals surface area contributed by atoms with Crippen molar-refractivity contribution >= 4 is 17.5 Å². The van der Waals surface area contributed by atoms with Crippen molar-refractivity contribution in [3.63, 3.8) is 0 Å². The topological polar surface area (TPSA) is 29.5 Å². The molecule has 0 saturated carbocycles. The van der Waals surface area contributed by atoms with Crippen LogP contribution < -0.4 is 0 Å². The molecule has 0 unspecified atom stereocenters. The van der Waals surface area contributed by atoms with E-state index in [9.17, 15) is 4.79 Å². The van der Waals surface area contributed by atoms with Crippen LogP contribution in [-0.4, -0.2) is 36.9 Å². The van der Waals surface area contributed by atoms with E-state index in [0.29, 0.717) is 32.0 Å². The zero-order chi connectivity index (χ0) is 13.2. The Bertz CT molecular complexity index is 343. The van der Waals surface area contributed by atoms with Crippen LogP contribution in [0.3, 0.4) is 0 Å². The molecule has 0 aliphatic carbocycles. The average molecular weight is 270 g/mol. The molecule has 1 aromatic carbocycles. The number of hydrogen-bond acceptors (Lipinski definition) is 2. The van der Waals surface area contributed by atoms with Gasteiger partial charge in [-0.3, -0.25) is 4.79 Å². The van der Waals surface area contributed by atoms with Crippen LogP contribution in [0.1, 0.15) is 18.4 Å². The maximum absolute atomic E-state index is 12.0. The second kappa shape index (κ2) is 8.95. The van der Waals surface area contributed by atoms with Gasteiger partial charge in [-0.15, -0.1) is 11.6 Å². The highest BCUT2D eigenvalue weighted by Crippen LogP contribution is 2.07. The van der Waals surface area contributed by atoms with Gasteiger partial charge < -0.3 is 9.64 Å². The molecule has 0 aliphatic rings. The third kappa shape index (κ3) is 5.52. The van der Waals surface area contributed by atoms with Crippen LogP contribution >= 0.6 is 11.6 Å². The van der Waals surface area contributed by atoms with E-state index in [1.54, 1.807) is 7.11 Å². The third-order valence-corrected chi connectivity index (χ3v) is 2.93. The molecule has 0 aromatic heterocycles. The lowest BCUT2D eigenvalue weighted by Crippen LogP contribution is -2.33. The Morgan fingerprint density at radius 2 is 2.06 bits per heavy atom. The first-order valence-corrected chi connectivity index (χ1v) is 6.68. The molecule has 1 amide bonds. The Hall–Kier alpha value is -1.06. The van der Waals surface area contributed by atoms with Gasteiger partial charge >= 0.3 is 0 Å². The van der Waals surface area contributed by atoms with Crippen molar-refractivity contribution in [3.8, 4) is 0 Å². The smallest absolute Gasteiger partial charge is 0.222 e. The molecule has 0 atom stereocenters. The zero-order valence-corrected chi connectivity index (χ0v) is 11.5. The van der Waals surface area contributed by atoms with Crippen molar-refractivity contribution in [3.05, 3.63) is 35.9 Å². The second-order valence-electron chi connectivity index (χ2n) is 4.09. The van der Waals surface area contributed by atoms with Crippen molar-refractivity contribution in [1.29, 1.82) is 0 Å². The van der Waals surface area contributed by atoms with E-state index >= 15 is 0 Å². The summed E-state index contributed by atoms with van der Waals surface area (Å²) in [5.74, 6) is 0.659. The number of rotatable bonds is 8. The molecule has 4 heteroatoms. The van der Waals surface area contributed by atoms with Gasteiger partial charge in [0.15, 0.2) is 0 Å². The quantitative estimate of drug-likeness (QED) is 0.679. The van der Waals surface area contributed by atoms with E-state index < -0.39 is 0 Å². The Morgan fingerprint density at radius 1 is 1.33 bits per heavy atom. The first-order valence-electron chi connectivity index (χ1n) is 6.14. The van der Waals surface area contributed by atoms with Gasteiger partial charge in [-0.25, -0.2) is 0 Å². The fourth-order valence-corrected chi connectivity index (χ4v) is 1.81. The van der Waals surface area contributed by atoms with Crippen molar-refractivity contribution < 1.29 is 9.53 Å². The van der Waals surface area contributed by atoms with Crippen molar-refractivity contribution in [2.24, 2.45) is 0 Å². The highest BCUT2D eigenvalue weighted by molar-refractivity contribution is 6.17. The van der Waals surface area contributed by atoms with E-state index in [2.05, 4.69) is 0 Å². The summed E-state index contributed by atoms with van der Waals surface area (Å²) in [5, 5.41) is 0. The normalized spacial score (nSPS) is 10.3. The summed E-state index contributed by atoms with van der Waals surface area (Å²) in [6.07, 6.45) is 1.22. The van der Waals surface area contributed by atoms with Gasteiger partial charge in [0.2, 0.25) is 5.91 Å². The first kappa shape index (κ1) is 15.0.